The number of hydrogen-bond donors (Lipinski definition) is 1. The maximum atomic E-state index is 13.7. The summed E-state index contributed by atoms with van der Waals surface area (Å²) in [5.74, 6) is 0. The number of aliphatic hydroxyl groups is 1. The summed E-state index contributed by atoms with van der Waals surface area (Å²) >= 11 is 0. The molecule has 173 valence electrons. The molecular formula is C30H26N3O2. The molecule has 1 radical (unpaired) electrons. The third kappa shape index (κ3) is 4.02. The van der Waals surface area contributed by atoms with E-state index in [0.717, 1.165) is 58.8 Å². The molecule has 35 heavy (non-hydrogen) atoms. The molecule has 1 N–H and O–H groups in total. The molecule has 0 amide bonds. The average Bonchev–Trinajstić information content (AvgIpc) is 2.91. The van der Waals surface area contributed by atoms with Crippen LogP contribution in [0.3, 0.4) is 0 Å². The van der Waals surface area contributed by atoms with Crippen LogP contribution in [-0.4, -0.2) is 25.7 Å². The van der Waals surface area contributed by atoms with Crippen molar-refractivity contribution in [1.82, 2.24) is 14.5 Å². The highest BCUT2D eigenvalue weighted by Gasteiger charge is 2.26. The Morgan fingerprint density at radius 3 is 2.66 bits per heavy atom. The van der Waals surface area contributed by atoms with Crippen LogP contribution in [0.2, 0.25) is 0 Å². The second kappa shape index (κ2) is 9.08. The molecule has 2 atom stereocenters. The van der Waals surface area contributed by atoms with E-state index in [1.54, 1.807) is 10.9 Å². The van der Waals surface area contributed by atoms with Crippen LogP contribution in [-0.2, 0) is 6.42 Å². The van der Waals surface area contributed by atoms with Gasteiger partial charge >= 0.3 is 0 Å². The number of nitrogens with zero attached hydrogens (tertiary/aromatic N) is 3. The molecule has 2 aromatic heterocycles. The van der Waals surface area contributed by atoms with E-state index in [-0.39, 0.29) is 11.6 Å². The summed E-state index contributed by atoms with van der Waals surface area (Å²) in [6, 6.07) is 25.0. The van der Waals surface area contributed by atoms with Gasteiger partial charge in [-0.25, -0.2) is 4.98 Å². The molecular weight excluding hydrogens is 434 g/mol. The van der Waals surface area contributed by atoms with E-state index in [2.05, 4.69) is 23.2 Å². The van der Waals surface area contributed by atoms with Crippen molar-refractivity contribution in [1.29, 1.82) is 0 Å². The average molecular weight is 461 g/mol. The van der Waals surface area contributed by atoms with Gasteiger partial charge in [0.05, 0.1) is 35.1 Å². The lowest BCUT2D eigenvalue weighted by atomic mass is 9.92. The predicted molar refractivity (Wildman–Crippen MR) is 138 cm³/mol. The first-order chi connectivity index (χ1) is 17.2. The van der Waals surface area contributed by atoms with Crippen LogP contribution in [0.1, 0.15) is 42.9 Å². The topological polar surface area (TPSA) is 68.0 Å². The third-order valence-electron chi connectivity index (χ3n) is 7.15. The van der Waals surface area contributed by atoms with Crippen molar-refractivity contribution < 1.29 is 5.11 Å². The van der Waals surface area contributed by atoms with E-state index in [4.69, 9.17) is 4.98 Å². The van der Waals surface area contributed by atoms with Crippen LogP contribution >= 0.6 is 0 Å². The molecule has 1 aliphatic carbocycles. The highest BCUT2D eigenvalue weighted by molar-refractivity contribution is 6.06. The Morgan fingerprint density at radius 1 is 0.971 bits per heavy atom. The van der Waals surface area contributed by atoms with Gasteiger partial charge in [-0.15, -0.1) is 0 Å². The molecule has 0 bridgehead atoms. The molecule has 0 spiro atoms. The number of benzene rings is 3. The van der Waals surface area contributed by atoms with Gasteiger partial charge in [-0.3, -0.25) is 14.3 Å². The lowest BCUT2D eigenvalue weighted by Gasteiger charge is -2.29. The van der Waals surface area contributed by atoms with Gasteiger partial charge in [-0.05, 0) is 66.1 Å². The molecule has 0 saturated heterocycles. The fourth-order valence-electron chi connectivity index (χ4n) is 5.36. The van der Waals surface area contributed by atoms with Crippen molar-refractivity contribution >= 4 is 21.7 Å². The van der Waals surface area contributed by atoms with E-state index in [0.29, 0.717) is 17.3 Å². The standard InChI is InChI=1S/C30H26N3O2/c34-28-13-7-6-12-27(28)33-19-32-29-24-11-5-4-10-23(24)22(18-25(29)30(33)35)16-20-14-15-31-26(17-20)21-8-2-1-3-9-21/h1-2,4-5,8-11,14-15,17-19,27-28,34H,6-7,12-13,16H2/t27-,28-/m0/s1. The van der Waals surface area contributed by atoms with Gasteiger partial charge in [0, 0.05) is 17.1 Å². The Bertz CT molecular complexity index is 1580. The SMILES string of the molecule is O=c1c2cc(Cc3ccnc(-c4c[c]ccc4)c3)c3ccccc3c2ncn1[C@H]1CCCC[C@@H]1O. The zero-order valence-electron chi connectivity index (χ0n) is 19.4. The summed E-state index contributed by atoms with van der Waals surface area (Å²) < 4.78 is 1.65. The Balaban J connectivity index is 1.48. The number of pyridine rings is 1. The van der Waals surface area contributed by atoms with E-state index >= 15 is 0 Å². The Hall–Kier alpha value is -3.83. The summed E-state index contributed by atoms with van der Waals surface area (Å²) in [5, 5.41) is 13.2. The maximum Gasteiger partial charge on any atom is 0.261 e. The number of aliphatic hydroxyl groups excluding tert-OH is 1. The van der Waals surface area contributed by atoms with E-state index in [1.165, 1.54) is 0 Å². The van der Waals surface area contributed by atoms with Crippen LogP contribution < -0.4 is 5.56 Å². The van der Waals surface area contributed by atoms with E-state index < -0.39 is 6.10 Å². The summed E-state index contributed by atoms with van der Waals surface area (Å²) in [6.45, 7) is 0. The largest absolute Gasteiger partial charge is 0.391 e. The molecule has 0 aliphatic heterocycles. The Morgan fingerprint density at radius 2 is 1.83 bits per heavy atom. The summed E-state index contributed by atoms with van der Waals surface area (Å²) in [5.41, 5.74) is 4.76. The Labute approximate surface area is 203 Å². The first kappa shape index (κ1) is 21.7. The van der Waals surface area contributed by atoms with Crippen molar-refractivity contribution in [2.45, 2.75) is 44.2 Å². The van der Waals surface area contributed by atoms with Crippen molar-refractivity contribution in [2.24, 2.45) is 0 Å². The summed E-state index contributed by atoms with van der Waals surface area (Å²) in [6.07, 6.45) is 7.15. The minimum atomic E-state index is -0.508. The molecule has 0 unspecified atom stereocenters. The highest BCUT2D eigenvalue weighted by Crippen LogP contribution is 2.31. The van der Waals surface area contributed by atoms with Crippen molar-refractivity contribution in [2.75, 3.05) is 0 Å². The second-order valence-electron chi connectivity index (χ2n) is 9.37. The quantitative estimate of drug-likeness (QED) is 0.361. The van der Waals surface area contributed by atoms with Crippen LogP contribution in [0.4, 0.5) is 0 Å². The van der Waals surface area contributed by atoms with Gasteiger partial charge < -0.3 is 5.11 Å². The minimum Gasteiger partial charge on any atom is -0.391 e. The van der Waals surface area contributed by atoms with Crippen LogP contribution in [0.5, 0.6) is 0 Å². The van der Waals surface area contributed by atoms with Gasteiger partial charge in [-0.2, -0.15) is 0 Å². The molecule has 1 saturated carbocycles. The fourth-order valence-corrected chi connectivity index (χ4v) is 5.36. The maximum absolute atomic E-state index is 13.7. The second-order valence-corrected chi connectivity index (χ2v) is 9.37. The predicted octanol–water partition coefficient (Wildman–Crippen LogP) is 5.48. The lowest BCUT2D eigenvalue weighted by molar-refractivity contribution is 0.0735. The van der Waals surface area contributed by atoms with Gasteiger partial charge in [0.25, 0.3) is 5.56 Å². The smallest absolute Gasteiger partial charge is 0.261 e. The Kier molecular flexibility index (Phi) is 5.63. The summed E-state index contributed by atoms with van der Waals surface area (Å²) in [7, 11) is 0. The molecule has 5 heteroatoms. The number of aromatic nitrogens is 3. The molecule has 1 fully saturated rings. The molecule has 2 heterocycles. The van der Waals surface area contributed by atoms with E-state index in [1.807, 2.05) is 60.8 Å². The fraction of sp³-hybridized carbons (Fsp3) is 0.233. The van der Waals surface area contributed by atoms with Crippen LogP contribution in [0, 0.1) is 6.07 Å². The third-order valence-corrected chi connectivity index (χ3v) is 7.15. The van der Waals surface area contributed by atoms with Gasteiger partial charge in [0.2, 0.25) is 0 Å². The van der Waals surface area contributed by atoms with Crippen molar-refractivity contribution in [3.05, 3.63) is 107 Å². The molecule has 1 aliphatic rings. The van der Waals surface area contributed by atoms with Crippen molar-refractivity contribution in [3.63, 3.8) is 0 Å². The van der Waals surface area contributed by atoms with Crippen LogP contribution in [0.15, 0.2) is 84.0 Å². The zero-order valence-corrected chi connectivity index (χ0v) is 19.4. The number of hydrogen-bond acceptors (Lipinski definition) is 4. The lowest BCUT2D eigenvalue weighted by Crippen LogP contribution is -2.34. The number of fused-ring (bicyclic) bond motifs is 3. The molecule has 6 rings (SSSR count). The molecule has 3 aromatic carbocycles. The zero-order chi connectivity index (χ0) is 23.8. The van der Waals surface area contributed by atoms with Crippen LogP contribution in [0.25, 0.3) is 32.9 Å². The van der Waals surface area contributed by atoms with Gasteiger partial charge in [0.15, 0.2) is 0 Å². The minimum absolute atomic E-state index is 0.0804. The molecule has 5 nitrogen and oxygen atoms in total. The summed E-state index contributed by atoms with van der Waals surface area (Å²) in [4.78, 5) is 22.9. The highest BCUT2D eigenvalue weighted by atomic mass is 16.3. The van der Waals surface area contributed by atoms with Crippen molar-refractivity contribution in [3.8, 4) is 11.3 Å². The molecule has 5 aromatic rings. The van der Waals surface area contributed by atoms with Gasteiger partial charge in [-0.1, -0.05) is 55.3 Å². The first-order valence-electron chi connectivity index (χ1n) is 12.2. The van der Waals surface area contributed by atoms with E-state index in [9.17, 15) is 9.90 Å². The number of rotatable bonds is 4. The van der Waals surface area contributed by atoms with Gasteiger partial charge in [0.1, 0.15) is 0 Å². The normalized spacial score (nSPS) is 18.2. The monoisotopic (exact) mass is 460 g/mol. The first-order valence-corrected chi connectivity index (χ1v) is 12.2.